The first-order valence-corrected chi connectivity index (χ1v) is 7.90. The van der Waals surface area contributed by atoms with E-state index >= 15 is 0 Å². The Balaban J connectivity index is 1.92. The van der Waals surface area contributed by atoms with Gasteiger partial charge in [0.25, 0.3) is 0 Å². The minimum Gasteiger partial charge on any atom is -0.249 e. The first-order valence-electron chi connectivity index (χ1n) is 6.73. The quantitative estimate of drug-likeness (QED) is 0.730. The first-order chi connectivity index (χ1) is 9.25. The van der Waals surface area contributed by atoms with Gasteiger partial charge in [-0.25, -0.2) is 4.68 Å². The smallest absolute Gasteiger partial charge is 0.130 e. The average Bonchev–Trinajstić information content (AvgIpc) is 2.60. The van der Waals surface area contributed by atoms with Gasteiger partial charge in [-0.15, -0.1) is 0 Å². The number of nitrogens with zero attached hydrogens (tertiary/aromatic N) is 2. The zero-order chi connectivity index (χ0) is 13.2. The maximum absolute atomic E-state index is 6.50. The van der Waals surface area contributed by atoms with Crippen LogP contribution >= 0.6 is 27.5 Å². The highest BCUT2D eigenvalue weighted by Gasteiger charge is 2.18. The molecule has 0 saturated heterocycles. The summed E-state index contributed by atoms with van der Waals surface area (Å²) in [5.74, 6) is 0. The maximum atomic E-state index is 6.50. The predicted molar refractivity (Wildman–Crippen MR) is 81.7 cm³/mol. The van der Waals surface area contributed by atoms with Crippen LogP contribution in [0.3, 0.4) is 0 Å². The van der Waals surface area contributed by atoms with Crippen LogP contribution in [-0.2, 0) is 19.4 Å². The van der Waals surface area contributed by atoms with E-state index in [0.717, 1.165) is 29.0 Å². The van der Waals surface area contributed by atoms with Crippen LogP contribution in [0, 0.1) is 0 Å². The standard InChI is InChI=1S/C15H16BrClN2/c16-13-8-5-4-6-11(13)10-19-15(17)12-7-2-1-3-9-14(12)18-19/h4-6,8H,1-3,7,9-10H2. The second-order valence-electron chi connectivity index (χ2n) is 5.03. The molecule has 0 N–H and O–H groups in total. The van der Waals surface area contributed by atoms with Crippen LogP contribution in [0.15, 0.2) is 28.7 Å². The Kier molecular flexibility index (Phi) is 3.94. The van der Waals surface area contributed by atoms with E-state index in [1.165, 1.54) is 36.1 Å². The Hall–Kier alpha value is -0.800. The molecule has 2 aromatic rings. The van der Waals surface area contributed by atoms with E-state index in [0.29, 0.717) is 0 Å². The fourth-order valence-electron chi connectivity index (χ4n) is 2.64. The molecule has 1 aromatic carbocycles. The van der Waals surface area contributed by atoms with Gasteiger partial charge < -0.3 is 0 Å². The Morgan fingerprint density at radius 3 is 2.79 bits per heavy atom. The van der Waals surface area contributed by atoms with Gasteiger partial charge in [0.15, 0.2) is 0 Å². The molecule has 100 valence electrons. The molecule has 19 heavy (non-hydrogen) atoms. The van der Waals surface area contributed by atoms with Crippen LogP contribution < -0.4 is 0 Å². The minimum atomic E-state index is 0.729. The van der Waals surface area contributed by atoms with E-state index < -0.39 is 0 Å². The molecule has 0 fully saturated rings. The highest BCUT2D eigenvalue weighted by atomic mass is 79.9. The Morgan fingerprint density at radius 2 is 1.95 bits per heavy atom. The van der Waals surface area contributed by atoms with Gasteiger partial charge in [0.05, 0.1) is 12.2 Å². The van der Waals surface area contributed by atoms with Gasteiger partial charge in [0.1, 0.15) is 5.15 Å². The molecule has 3 rings (SSSR count). The topological polar surface area (TPSA) is 17.8 Å². The number of fused-ring (bicyclic) bond motifs is 1. The Bertz CT molecular complexity index is 592. The van der Waals surface area contributed by atoms with Crippen molar-refractivity contribution in [3.8, 4) is 0 Å². The molecular weight excluding hydrogens is 324 g/mol. The average molecular weight is 340 g/mol. The van der Waals surface area contributed by atoms with Crippen LogP contribution in [0.2, 0.25) is 5.15 Å². The van der Waals surface area contributed by atoms with E-state index in [1.54, 1.807) is 0 Å². The third-order valence-corrected chi connectivity index (χ3v) is 4.88. The normalized spacial score (nSPS) is 15.1. The number of hydrogen-bond donors (Lipinski definition) is 0. The van der Waals surface area contributed by atoms with E-state index in [-0.39, 0.29) is 0 Å². The van der Waals surface area contributed by atoms with Crippen LogP contribution in [0.4, 0.5) is 0 Å². The van der Waals surface area contributed by atoms with Crippen LogP contribution in [0.5, 0.6) is 0 Å². The summed E-state index contributed by atoms with van der Waals surface area (Å²) < 4.78 is 3.05. The van der Waals surface area contributed by atoms with Crippen molar-refractivity contribution in [2.45, 2.75) is 38.6 Å². The minimum absolute atomic E-state index is 0.729. The van der Waals surface area contributed by atoms with E-state index in [1.807, 2.05) is 16.8 Å². The summed E-state index contributed by atoms with van der Waals surface area (Å²) in [5, 5.41) is 5.54. The molecule has 2 nitrogen and oxygen atoms in total. The lowest BCUT2D eigenvalue weighted by molar-refractivity contribution is 0.646. The second-order valence-corrected chi connectivity index (χ2v) is 6.24. The molecule has 0 atom stereocenters. The van der Waals surface area contributed by atoms with Crippen molar-refractivity contribution in [3.63, 3.8) is 0 Å². The van der Waals surface area contributed by atoms with E-state index in [9.17, 15) is 0 Å². The Morgan fingerprint density at radius 1 is 1.16 bits per heavy atom. The van der Waals surface area contributed by atoms with Crippen molar-refractivity contribution in [2.75, 3.05) is 0 Å². The molecule has 4 heteroatoms. The molecule has 0 bridgehead atoms. The van der Waals surface area contributed by atoms with Crippen molar-refractivity contribution in [1.82, 2.24) is 9.78 Å². The Labute approximate surface area is 126 Å². The summed E-state index contributed by atoms with van der Waals surface area (Å²) in [6.07, 6.45) is 5.89. The number of aryl methyl sites for hydroxylation is 1. The number of hydrogen-bond acceptors (Lipinski definition) is 1. The molecule has 0 aliphatic heterocycles. The molecule has 1 aliphatic rings. The molecule has 0 saturated carbocycles. The SMILES string of the molecule is Clc1c2c(nn1Cc1ccccc1Br)CCCCC2. The number of aromatic nitrogens is 2. The molecule has 0 unspecified atom stereocenters. The van der Waals surface area contributed by atoms with Crippen LogP contribution in [0.1, 0.15) is 36.1 Å². The molecule has 0 spiro atoms. The van der Waals surface area contributed by atoms with Gasteiger partial charge in [-0.2, -0.15) is 5.10 Å². The van der Waals surface area contributed by atoms with Crippen LogP contribution in [-0.4, -0.2) is 9.78 Å². The van der Waals surface area contributed by atoms with E-state index in [4.69, 9.17) is 16.7 Å². The lowest BCUT2D eigenvalue weighted by Gasteiger charge is -2.06. The second kappa shape index (κ2) is 5.68. The molecule has 0 amide bonds. The van der Waals surface area contributed by atoms with Crippen LogP contribution in [0.25, 0.3) is 0 Å². The fraction of sp³-hybridized carbons (Fsp3) is 0.400. The largest absolute Gasteiger partial charge is 0.249 e. The summed E-state index contributed by atoms with van der Waals surface area (Å²) in [6.45, 7) is 0.729. The van der Waals surface area contributed by atoms with Crippen molar-refractivity contribution >= 4 is 27.5 Å². The molecule has 1 aliphatic carbocycles. The van der Waals surface area contributed by atoms with E-state index in [2.05, 4.69) is 28.1 Å². The highest BCUT2D eigenvalue weighted by Crippen LogP contribution is 2.28. The van der Waals surface area contributed by atoms with Crippen molar-refractivity contribution in [2.24, 2.45) is 0 Å². The third kappa shape index (κ3) is 2.72. The third-order valence-electron chi connectivity index (χ3n) is 3.68. The zero-order valence-corrected chi connectivity index (χ0v) is 13.0. The van der Waals surface area contributed by atoms with Gasteiger partial charge in [-0.3, -0.25) is 0 Å². The monoisotopic (exact) mass is 338 g/mol. The molecule has 1 heterocycles. The number of rotatable bonds is 2. The maximum Gasteiger partial charge on any atom is 0.130 e. The molecule has 1 aromatic heterocycles. The zero-order valence-electron chi connectivity index (χ0n) is 10.7. The van der Waals surface area contributed by atoms with Gasteiger partial charge in [0.2, 0.25) is 0 Å². The first kappa shape index (κ1) is 13.2. The van der Waals surface area contributed by atoms with Gasteiger partial charge >= 0.3 is 0 Å². The predicted octanol–water partition coefficient (Wildman–Crippen LogP) is 4.62. The summed E-state index contributed by atoms with van der Waals surface area (Å²) in [5.41, 5.74) is 3.68. The van der Waals surface area contributed by atoms with Crippen molar-refractivity contribution in [1.29, 1.82) is 0 Å². The fourth-order valence-corrected chi connectivity index (χ4v) is 3.35. The van der Waals surface area contributed by atoms with Gasteiger partial charge in [0, 0.05) is 10.0 Å². The number of halogens is 2. The summed E-state index contributed by atoms with van der Waals surface area (Å²) in [6, 6.07) is 8.22. The van der Waals surface area contributed by atoms with Crippen molar-refractivity contribution in [3.05, 3.63) is 50.7 Å². The summed E-state index contributed by atoms with van der Waals surface area (Å²) in [7, 11) is 0. The van der Waals surface area contributed by atoms with Gasteiger partial charge in [-0.05, 0) is 37.3 Å². The molecular formula is C15H16BrClN2. The highest BCUT2D eigenvalue weighted by molar-refractivity contribution is 9.10. The number of benzene rings is 1. The van der Waals surface area contributed by atoms with Crippen molar-refractivity contribution < 1.29 is 0 Å². The van der Waals surface area contributed by atoms with Gasteiger partial charge in [-0.1, -0.05) is 52.2 Å². The summed E-state index contributed by atoms with van der Waals surface area (Å²) in [4.78, 5) is 0. The summed E-state index contributed by atoms with van der Waals surface area (Å²) >= 11 is 10.1. The molecule has 0 radical (unpaired) electrons. The lowest BCUT2D eigenvalue weighted by Crippen LogP contribution is -2.03. The lowest BCUT2D eigenvalue weighted by atomic mass is 10.1.